The molecule has 1 saturated heterocycles. The number of phenolic OH excluding ortho intramolecular Hbond substituents is 1. The summed E-state index contributed by atoms with van der Waals surface area (Å²) in [6.07, 6.45) is 0.478. The van der Waals surface area contributed by atoms with Gasteiger partial charge in [0.2, 0.25) is 0 Å². The SMILES string of the molecule is CC(C)(C)c1cc(OCC(=O)NC2CCOC2=O)cc(C(C)(C)C)c1O. The fourth-order valence-electron chi connectivity index (χ4n) is 2.85. The number of aromatic hydroxyl groups is 1. The van der Waals surface area contributed by atoms with Gasteiger partial charge < -0.3 is 19.9 Å². The molecule has 0 aliphatic carbocycles. The smallest absolute Gasteiger partial charge is 0.328 e. The van der Waals surface area contributed by atoms with Gasteiger partial charge >= 0.3 is 5.97 Å². The van der Waals surface area contributed by atoms with Crippen molar-refractivity contribution in [2.24, 2.45) is 0 Å². The first kappa shape index (κ1) is 20.1. The molecule has 0 spiro atoms. The number of carbonyl (C=O) groups is 2. The van der Waals surface area contributed by atoms with Crippen molar-refractivity contribution < 1.29 is 24.2 Å². The number of benzene rings is 1. The normalized spacial score (nSPS) is 17.8. The minimum absolute atomic E-state index is 0.207. The van der Waals surface area contributed by atoms with E-state index in [1.165, 1.54) is 0 Å². The Hall–Kier alpha value is -2.24. The lowest BCUT2D eigenvalue weighted by atomic mass is 9.79. The second-order valence-corrected chi connectivity index (χ2v) is 8.73. The lowest BCUT2D eigenvalue weighted by molar-refractivity contribution is -0.141. The third-order valence-electron chi connectivity index (χ3n) is 4.34. The highest BCUT2D eigenvalue weighted by Crippen LogP contribution is 2.41. The number of hydrogen-bond donors (Lipinski definition) is 2. The summed E-state index contributed by atoms with van der Waals surface area (Å²) in [5.74, 6) is -0.0122. The van der Waals surface area contributed by atoms with Crippen LogP contribution in [0, 0.1) is 0 Å². The highest BCUT2D eigenvalue weighted by atomic mass is 16.5. The molecule has 2 rings (SSSR count). The number of cyclic esters (lactones) is 1. The van der Waals surface area contributed by atoms with Gasteiger partial charge in [0.1, 0.15) is 17.5 Å². The monoisotopic (exact) mass is 363 g/mol. The summed E-state index contributed by atoms with van der Waals surface area (Å²) in [5, 5.41) is 13.3. The second-order valence-electron chi connectivity index (χ2n) is 8.73. The molecule has 26 heavy (non-hydrogen) atoms. The summed E-state index contributed by atoms with van der Waals surface area (Å²) in [7, 11) is 0. The Morgan fingerprint density at radius 2 is 1.73 bits per heavy atom. The maximum Gasteiger partial charge on any atom is 0.328 e. The van der Waals surface area contributed by atoms with E-state index >= 15 is 0 Å². The number of phenols is 1. The number of amides is 1. The first-order chi connectivity index (χ1) is 11.9. The van der Waals surface area contributed by atoms with Crippen molar-refractivity contribution in [1.29, 1.82) is 0 Å². The molecule has 6 nitrogen and oxygen atoms in total. The Morgan fingerprint density at radius 1 is 1.19 bits per heavy atom. The molecule has 1 unspecified atom stereocenters. The molecular weight excluding hydrogens is 334 g/mol. The first-order valence-electron chi connectivity index (χ1n) is 8.86. The lowest BCUT2D eigenvalue weighted by Crippen LogP contribution is -2.40. The summed E-state index contributed by atoms with van der Waals surface area (Å²) in [6, 6.07) is 2.94. The lowest BCUT2D eigenvalue weighted by Gasteiger charge is -2.28. The number of ether oxygens (including phenoxy) is 2. The van der Waals surface area contributed by atoms with Crippen molar-refractivity contribution in [3.05, 3.63) is 23.3 Å². The number of carbonyl (C=O) groups excluding carboxylic acids is 2. The van der Waals surface area contributed by atoms with Gasteiger partial charge in [0.15, 0.2) is 6.61 Å². The van der Waals surface area contributed by atoms with Gasteiger partial charge in [0.25, 0.3) is 5.91 Å². The number of esters is 1. The van der Waals surface area contributed by atoms with Crippen LogP contribution in [0.1, 0.15) is 59.1 Å². The molecule has 144 valence electrons. The first-order valence-corrected chi connectivity index (χ1v) is 8.86. The van der Waals surface area contributed by atoms with Crippen molar-refractivity contribution in [1.82, 2.24) is 5.32 Å². The maximum atomic E-state index is 12.1. The third kappa shape index (κ3) is 4.68. The van der Waals surface area contributed by atoms with Crippen LogP contribution in [0.25, 0.3) is 0 Å². The summed E-state index contributed by atoms with van der Waals surface area (Å²) in [5.41, 5.74) is 0.970. The fraction of sp³-hybridized carbons (Fsp3) is 0.600. The van der Waals surface area contributed by atoms with Crippen LogP contribution < -0.4 is 10.1 Å². The standard InChI is InChI=1S/C20H29NO5/c1-19(2,3)13-9-12(10-14(17(13)23)20(4,5)6)26-11-16(22)21-15-7-8-25-18(15)24/h9-10,15,23H,7-8,11H2,1-6H3,(H,21,22). The molecule has 1 atom stereocenters. The van der Waals surface area contributed by atoms with Gasteiger partial charge in [-0.2, -0.15) is 0 Å². The van der Waals surface area contributed by atoms with E-state index in [-0.39, 0.29) is 29.1 Å². The van der Waals surface area contributed by atoms with Crippen LogP contribution in [0.15, 0.2) is 12.1 Å². The molecule has 1 aliphatic rings. The Morgan fingerprint density at radius 3 is 2.15 bits per heavy atom. The maximum absolute atomic E-state index is 12.1. The summed E-state index contributed by atoms with van der Waals surface area (Å²) < 4.78 is 10.5. The van der Waals surface area contributed by atoms with Crippen LogP contribution >= 0.6 is 0 Å². The van der Waals surface area contributed by atoms with Crippen LogP contribution in [0.3, 0.4) is 0 Å². The molecule has 1 aliphatic heterocycles. The van der Waals surface area contributed by atoms with Gasteiger partial charge in [-0.15, -0.1) is 0 Å². The van der Waals surface area contributed by atoms with Crippen molar-refractivity contribution in [2.45, 2.75) is 64.8 Å². The number of hydrogen-bond acceptors (Lipinski definition) is 5. The molecule has 1 aromatic carbocycles. The predicted molar refractivity (Wildman–Crippen MR) is 98.5 cm³/mol. The third-order valence-corrected chi connectivity index (χ3v) is 4.34. The van der Waals surface area contributed by atoms with Crippen LogP contribution in [0.4, 0.5) is 0 Å². The Bertz CT molecular complexity index is 662. The largest absolute Gasteiger partial charge is 0.507 e. The average molecular weight is 363 g/mol. The Kier molecular flexibility index (Phi) is 5.54. The van der Waals surface area contributed by atoms with E-state index in [4.69, 9.17) is 9.47 Å². The van der Waals surface area contributed by atoms with Crippen molar-refractivity contribution in [2.75, 3.05) is 13.2 Å². The summed E-state index contributed by atoms with van der Waals surface area (Å²) in [6.45, 7) is 12.2. The van der Waals surface area contributed by atoms with Crippen LogP contribution in [-0.2, 0) is 25.2 Å². The molecule has 1 aromatic rings. The van der Waals surface area contributed by atoms with Crippen LogP contribution in [0.2, 0.25) is 0 Å². The minimum atomic E-state index is -0.596. The number of nitrogens with one attached hydrogen (secondary N) is 1. The van der Waals surface area contributed by atoms with Gasteiger partial charge in [-0.1, -0.05) is 41.5 Å². The highest BCUT2D eigenvalue weighted by molar-refractivity contribution is 5.86. The zero-order valence-corrected chi connectivity index (χ0v) is 16.4. The molecule has 0 aromatic heterocycles. The molecular formula is C20H29NO5. The Labute approximate surface area is 154 Å². The van der Waals surface area contributed by atoms with Crippen molar-refractivity contribution >= 4 is 11.9 Å². The Balaban J connectivity index is 2.18. The van der Waals surface area contributed by atoms with Gasteiger partial charge in [0, 0.05) is 17.5 Å². The van der Waals surface area contributed by atoms with E-state index in [0.29, 0.717) is 18.8 Å². The quantitative estimate of drug-likeness (QED) is 0.804. The highest BCUT2D eigenvalue weighted by Gasteiger charge is 2.29. The molecule has 1 heterocycles. The minimum Gasteiger partial charge on any atom is -0.507 e. The van der Waals surface area contributed by atoms with Gasteiger partial charge in [-0.05, 0) is 23.0 Å². The molecule has 0 bridgehead atoms. The molecule has 0 radical (unpaired) electrons. The van der Waals surface area contributed by atoms with Gasteiger partial charge in [-0.25, -0.2) is 4.79 Å². The van der Waals surface area contributed by atoms with E-state index in [9.17, 15) is 14.7 Å². The van der Waals surface area contributed by atoms with E-state index < -0.39 is 12.0 Å². The van der Waals surface area contributed by atoms with E-state index in [2.05, 4.69) is 5.32 Å². The van der Waals surface area contributed by atoms with Crippen molar-refractivity contribution in [3.8, 4) is 11.5 Å². The number of rotatable bonds is 4. The molecule has 6 heteroatoms. The zero-order chi connectivity index (χ0) is 19.7. The van der Waals surface area contributed by atoms with E-state index in [1.807, 2.05) is 41.5 Å². The summed E-state index contributed by atoms with van der Waals surface area (Å²) >= 11 is 0. The molecule has 1 amide bonds. The molecule has 2 N–H and O–H groups in total. The summed E-state index contributed by atoms with van der Waals surface area (Å²) in [4.78, 5) is 23.5. The fourth-order valence-corrected chi connectivity index (χ4v) is 2.85. The predicted octanol–water partition coefficient (Wildman–Crippen LogP) is 2.80. The van der Waals surface area contributed by atoms with Gasteiger partial charge in [0.05, 0.1) is 6.61 Å². The van der Waals surface area contributed by atoms with Crippen molar-refractivity contribution in [3.63, 3.8) is 0 Å². The van der Waals surface area contributed by atoms with Crippen LogP contribution in [0.5, 0.6) is 11.5 Å². The molecule has 1 fully saturated rings. The van der Waals surface area contributed by atoms with Crippen LogP contribution in [-0.4, -0.2) is 36.2 Å². The second kappa shape index (κ2) is 7.17. The van der Waals surface area contributed by atoms with E-state index in [0.717, 1.165) is 11.1 Å². The molecule has 0 saturated carbocycles. The van der Waals surface area contributed by atoms with E-state index in [1.54, 1.807) is 12.1 Å². The van der Waals surface area contributed by atoms with Gasteiger partial charge in [-0.3, -0.25) is 4.79 Å². The average Bonchev–Trinajstić information content (AvgIpc) is 2.89. The zero-order valence-electron chi connectivity index (χ0n) is 16.4. The topological polar surface area (TPSA) is 84.9 Å².